The molecule has 5 fully saturated rings. The molecule has 5 N–H and O–H groups in total. The number of nitrogens with two attached hydrogens (primary N) is 1. The molecule has 0 bridgehead atoms. The summed E-state index contributed by atoms with van der Waals surface area (Å²) in [5, 5.41) is 14.9. The summed E-state index contributed by atoms with van der Waals surface area (Å²) in [6, 6.07) is 0.788. The van der Waals surface area contributed by atoms with Crippen molar-refractivity contribution in [3.8, 4) is 0 Å². The first kappa shape index (κ1) is 22.6. The van der Waals surface area contributed by atoms with E-state index in [1.165, 1.54) is 44.9 Å². The lowest BCUT2D eigenvalue weighted by Crippen LogP contribution is -2.53. The Bertz CT molecular complexity index is 675. The van der Waals surface area contributed by atoms with Crippen LogP contribution in [0, 0.1) is 35.0 Å². The molecule has 0 aromatic heterocycles. The molecule has 6 heteroatoms. The number of likely N-dealkylation sites (tertiary alicyclic amines) is 1. The normalized spacial score (nSPS) is 40.9. The summed E-state index contributed by atoms with van der Waals surface area (Å²) in [7, 11) is 0. The number of nitrogens with one attached hydrogen (secondary N) is 3. The fourth-order valence-corrected chi connectivity index (χ4v) is 8.18. The number of carbonyl (C=O) groups excluding carboxylic acids is 1. The highest BCUT2D eigenvalue weighted by Gasteiger charge is 2.49. The highest BCUT2D eigenvalue weighted by atomic mass is 16.2. The number of piperidine rings is 1. The Kier molecular flexibility index (Phi) is 7.08. The Hall–Kier alpha value is -1.14. The van der Waals surface area contributed by atoms with Crippen LogP contribution in [0.4, 0.5) is 0 Å². The van der Waals surface area contributed by atoms with Crippen LogP contribution in [-0.2, 0) is 4.79 Å². The van der Waals surface area contributed by atoms with Crippen LogP contribution >= 0.6 is 0 Å². The SMILES string of the molecule is N=C(N)C1CCC2CC(C(=O)NC3CCNCC3)N(CC3CCCC4CCCCC43)C2C1. The molecule has 5 rings (SSSR count). The zero-order valence-corrected chi connectivity index (χ0v) is 19.9. The van der Waals surface area contributed by atoms with Crippen molar-refractivity contribution in [2.75, 3.05) is 19.6 Å². The van der Waals surface area contributed by atoms with E-state index in [0.717, 1.165) is 75.9 Å². The fraction of sp³-hybridized carbons (Fsp3) is 0.923. The van der Waals surface area contributed by atoms with Gasteiger partial charge in [0.25, 0.3) is 0 Å². The van der Waals surface area contributed by atoms with Crippen LogP contribution in [0.25, 0.3) is 0 Å². The summed E-state index contributed by atoms with van der Waals surface area (Å²) >= 11 is 0. The Labute approximate surface area is 194 Å². The molecule has 32 heavy (non-hydrogen) atoms. The van der Waals surface area contributed by atoms with Crippen LogP contribution in [0.3, 0.4) is 0 Å². The van der Waals surface area contributed by atoms with Gasteiger partial charge in [0.15, 0.2) is 0 Å². The second-order valence-corrected chi connectivity index (χ2v) is 11.7. The van der Waals surface area contributed by atoms with Gasteiger partial charge in [0.05, 0.1) is 11.9 Å². The zero-order chi connectivity index (χ0) is 22.1. The molecule has 2 aliphatic heterocycles. The Morgan fingerprint density at radius 1 is 0.938 bits per heavy atom. The highest BCUT2D eigenvalue weighted by Crippen LogP contribution is 2.47. The first-order valence-corrected chi connectivity index (χ1v) is 13.7. The largest absolute Gasteiger partial charge is 0.387 e. The van der Waals surface area contributed by atoms with Crippen molar-refractivity contribution < 1.29 is 4.79 Å². The molecule has 180 valence electrons. The van der Waals surface area contributed by atoms with Crippen LogP contribution < -0.4 is 16.4 Å². The van der Waals surface area contributed by atoms with Gasteiger partial charge in [-0.2, -0.15) is 0 Å². The molecule has 0 aromatic carbocycles. The molecule has 0 aromatic rings. The minimum atomic E-state index is 0.0227. The molecule has 6 nitrogen and oxygen atoms in total. The van der Waals surface area contributed by atoms with Gasteiger partial charge in [-0.05, 0) is 88.1 Å². The molecule has 2 saturated heterocycles. The number of fused-ring (bicyclic) bond motifs is 2. The van der Waals surface area contributed by atoms with Gasteiger partial charge in [0.2, 0.25) is 5.91 Å². The number of rotatable bonds is 5. The third-order valence-corrected chi connectivity index (χ3v) is 9.90. The number of carbonyl (C=O) groups is 1. The molecule has 3 aliphatic carbocycles. The van der Waals surface area contributed by atoms with Crippen molar-refractivity contribution in [1.82, 2.24) is 15.5 Å². The Morgan fingerprint density at radius 2 is 1.72 bits per heavy atom. The first-order chi connectivity index (χ1) is 15.6. The van der Waals surface area contributed by atoms with Crippen molar-refractivity contribution in [2.45, 2.75) is 102 Å². The van der Waals surface area contributed by atoms with E-state index in [-0.39, 0.29) is 17.9 Å². The average Bonchev–Trinajstić information content (AvgIpc) is 3.18. The lowest BCUT2D eigenvalue weighted by molar-refractivity contribution is -0.127. The molecule has 2 heterocycles. The fourth-order valence-electron chi connectivity index (χ4n) is 8.18. The predicted octanol–water partition coefficient (Wildman–Crippen LogP) is 3.26. The van der Waals surface area contributed by atoms with E-state index in [4.69, 9.17) is 11.1 Å². The Morgan fingerprint density at radius 3 is 2.53 bits per heavy atom. The van der Waals surface area contributed by atoms with E-state index in [9.17, 15) is 4.79 Å². The summed E-state index contributed by atoms with van der Waals surface area (Å²) in [5.74, 6) is 3.99. The number of hydrogen-bond acceptors (Lipinski definition) is 4. The molecule has 0 radical (unpaired) electrons. The number of nitrogens with zero attached hydrogens (tertiary/aromatic N) is 1. The smallest absolute Gasteiger partial charge is 0.237 e. The lowest BCUT2D eigenvalue weighted by atomic mass is 9.65. The van der Waals surface area contributed by atoms with Gasteiger partial charge in [-0.1, -0.05) is 32.1 Å². The highest BCUT2D eigenvalue weighted by molar-refractivity contribution is 5.83. The molecule has 0 spiro atoms. The molecular formula is C26H45N5O. The van der Waals surface area contributed by atoms with Crippen LogP contribution in [-0.4, -0.2) is 54.4 Å². The van der Waals surface area contributed by atoms with Crippen LogP contribution in [0.5, 0.6) is 0 Å². The maximum Gasteiger partial charge on any atom is 0.237 e. The van der Waals surface area contributed by atoms with Crippen LogP contribution in [0.2, 0.25) is 0 Å². The summed E-state index contributed by atoms with van der Waals surface area (Å²) in [4.78, 5) is 16.2. The van der Waals surface area contributed by atoms with Crippen molar-refractivity contribution in [3.63, 3.8) is 0 Å². The second kappa shape index (κ2) is 10.0. The van der Waals surface area contributed by atoms with E-state index < -0.39 is 0 Å². The van der Waals surface area contributed by atoms with Crippen molar-refractivity contribution in [3.05, 3.63) is 0 Å². The zero-order valence-electron chi connectivity index (χ0n) is 19.9. The van der Waals surface area contributed by atoms with E-state index in [1.54, 1.807) is 0 Å². The van der Waals surface area contributed by atoms with Gasteiger partial charge in [-0.15, -0.1) is 0 Å². The van der Waals surface area contributed by atoms with Crippen molar-refractivity contribution in [1.29, 1.82) is 5.41 Å². The molecule has 1 amide bonds. The molecule has 7 atom stereocenters. The van der Waals surface area contributed by atoms with Crippen LogP contribution in [0.15, 0.2) is 0 Å². The second-order valence-electron chi connectivity index (χ2n) is 11.7. The van der Waals surface area contributed by atoms with Gasteiger partial charge in [-0.25, -0.2) is 0 Å². The maximum atomic E-state index is 13.6. The van der Waals surface area contributed by atoms with E-state index in [0.29, 0.717) is 23.8 Å². The monoisotopic (exact) mass is 443 g/mol. The predicted molar refractivity (Wildman–Crippen MR) is 128 cm³/mol. The molecule has 5 aliphatic rings. The minimum Gasteiger partial charge on any atom is -0.387 e. The standard InChI is InChI=1S/C26H45N5O/c27-25(28)19-9-8-18-14-24(26(32)30-21-10-12-29-13-11-21)31(23(18)15-19)16-20-6-3-5-17-4-1-2-7-22(17)20/h17-24,29H,1-16H2,(H3,27,28)(H,30,32). The van der Waals surface area contributed by atoms with Crippen molar-refractivity contribution >= 4 is 11.7 Å². The molecule has 7 unspecified atom stereocenters. The van der Waals surface area contributed by atoms with Gasteiger partial charge >= 0.3 is 0 Å². The number of hydrogen-bond donors (Lipinski definition) is 4. The van der Waals surface area contributed by atoms with Gasteiger partial charge in [-0.3, -0.25) is 15.1 Å². The summed E-state index contributed by atoms with van der Waals surface area (Å²) < 4.78 is 0. The number of amides is 1. The van der Waals surface area contributed by atoms with E-state index in [1.807, 2.05) is 0 Å². The quantitative estimate of drug-likeness (QED) is 0.387. The average molecular weight is 444 g/mol. The first-order valence-electron chi connectivity index (χ1n) is 13.7. The third-order valence-electron chi connectivity index (χ3n) is 9.90. The summed E-state index contributed by atoms with van der Waals surface area (Å²) in [6.45, 7) is 3.11. The molecular weight excluding hydrogens is 398 g/mol. The van der Waals surface area contributed by atoms with Gasteiger partial charge < -0.3 is 16.4 Å². The van der Waals surface area contributed by atoms with Gasteiger partial charge in [0.1, 0.15) is 0 Å². The van der Waals surface area contributed by atoms with Gasteiger partial charge in [0, 0.05) is 24.5 Å². The van der Waals surface area contributed by atoms with Crippen molar-refractivity contribution in [2.24, 2.45) is 35.3 Å². The van der Waals surface area contributed by atoms with E-state index in [2.05, 4.69) is 15.5 Å². The Balaban J connectivity index is 1.33. The third kappa shape index (κ3) is 4.72. The van der Waals surface area contributed by atoms with E-state index >= 15 is 0 Å². The maximum absolute atomic E-state index is 13.6. The molecule has 3 saturated carbocycles. The summed E-state index contributed by atoms with van der Waals surface area (Å²) in [5.41, 5.74) is 5.96. The van der Waals surface area contributed by atoms with Crippen LogP contribution in [0.1, 0.15) is 83.5 Å². The number of amidine groups is 1. The minimum absolute atomic E-state index is 0.0227. The topological polar surface area (TPSA) is 94.2 Å². The lowest BCUT2D eigenvalue weighted by Gasteiger charge is -2.45. The summed E-state index contributed by atoms with van der Waals surface area (Å²) in [6.07, 6.45) is 16.0.